The Morgan fingerprint density at radius 2 is 2.20 bits per heavy atom. The number of ether oxygens (including phenoxy) is 1. The number of nitriles is 1. The Morgan fingerprint density at radius 1 is 1.50 bits per heavy atom. The van der Waals surface area contributed by atoms with E-state index < -0.39 is 0 Å². The van der Waals surface area contributed by atoms with E-state index in [0.717, 1.165) is 0 Å². The van der Waals surface area contributed by atoms with Crippen LogP contribution >= 0.6 is 0 Å². The maximum absolute atomic E-state index is 8.63. The molecule has 0 radical (unpaired) electrons. The molecule has 0 aromatic rings. The predicted octanol–water partition coefficient (Wildman–Crippen LogP) is 0.0866. The van der Waals surface area contributed by atoms with Gasteiger partial charge >= 0.3 is 0 Å². The molecule has 56 valence electrons. The Hall–Kier alpha value is -0.590. The van der Waals surface area contributed by atoms with Gasteiger partial charge < -0.3 is 9.64 Å². The minimum absolute atomic E-state index is 0.0648. The largest absolute Gasteiger partial charge is 0.378 e. The first-order valence-electron chi connectivity index (χ1n) is 3.39. The van der Waals surface area contributed by atoms with Crippen LogP contribution in [0.3, 0.4) is 0 Å². The average molecular weight is 140 g/mol. The summed E-state index contributed by atoms with van der Waals surface area (Å²) in [5, 5.41) is 8.63. The number of rotatable bonds is 1. The van der Waals surface area contributed by atoms with Gasteiger partial charge in [-0.2, -0.15) is 5.26 Å². The smallest absolute Gasteiger partial charge is 0.0874 e. The Balaban J connectivity index is 2.52. The first kappa shape index (κ1) is 7.52. The Kier molecular flexibility index (Phi) is 2.25. The van der Waals surface area contributed by atoms with Crippen LogP contribution in [-0.4, -0.2) is 38.3 Å². The quantitative estimate of drug-likeness (QED) is 0.517. The molecule has 1 rings (SSSR count). The minimum atomic E-state index is 0.0648. The fourth-order valence-electron chi connectivity index (χ4n) is 1.18. The summed E-state index contributed by atoms with van der Waals surface area (Å²) >= 11 is 0. The molecule has 1 aliphatic rings. The van der Waals surface area contributed by atoms with Crippen LogP contribution in [0.1, 0.15) is 0 Å². The third-order valence-corrected chi connectivity index (χ3v) is 1.88. The molecule has 1 aliphatic heterocycles. The highest BCUT2D eigenvalue weighted by Gasteiger charge is 2.29. The second kappa shape index (κ2) is 3.00. The summed E-state index contributed by atoms with van der Waals surface area (Å²) in [5.74, 6) is 0.0648. The van der Waals surface area contributed by atoms with Crippen molar-refractivity contribution in [3.8, 4) is 6.07 Å². The summed E-state index contributed by atoms with van der Waals surface area (Å²) in [4.78, 5) is 2.04. The van der Waals surface area contributed by atoms with Gasteiger partial charge in [0, 0.05) is 0 Å². The van der Waals surface area contributed by atoms with E-state index in [9.17, 15) is 0 Å². The molecule has 0 unspecified atom stereocenters. The van der Waals surface area contributed by atoms with E-state index in [4.69, 9.17) is 10.00 Å². The van der Waals surface area contributed by atoms with Gasteiger partial charge in [0.1, 0.15) is 0 Å². The van der Waals surface area contributed by atoms with E-state index in [1.165, 1.54) is 0 Å². The molecule has 0 aliphatic carbocycles. The Bertz CT molecular complexity index is 150. The fourth-order valence-corrected chi connectivity index (χ4v) is 1.18. The van der Waals surface area contributed by atoms with Crippen molar-refractivity contribution in [1.82, 2.24) is 4.90 Å². The predicted molar refractivity (Wildman–Crippen MR) is 37.4 cm³/mol. The number of likely N-dealkylation sites (N-methyl/N-ethyl adjacent to an activating group) is 1. The fraction of sp³-hybridized carbons (Fsp3) is 0.857. The number of hydrogen-bond acceptors (Lipinski definition) is 3. The van der Waals surface area contributed by atoms with Crippen LogP contribution in [0.15, 0.2) is 0 Å². The Labute approximate surface area is 61.2 Å². The molecule has 1 saturated heterocycles. The van der Waals surface area contributed by atoms with E-state index in [2.05, 4.69) is 6.07 Å². The average Bonchev–Trinajstić information content (AvgIpc) is 2.33. The maximum Gasteiger partial charge on any atom is 0.0874 e. The normalized spacial score (nSPS) is 32.6. The molecule has 1 fully saturated rings. The zero-order chi connectivity index (χ0) is 7.56. The molecule has 0 aromatic heterocycles. The van der Waals surface area contributed by atoms with Crippen molar-refractivity contribution in [3.63, 3.8) is 0 Å². The van der Waals surface area contributed by atoms with Crippen molar-refractivity contribution in [2.75, 3.05) is 27.3 Å². The molecule has 0 aromatic carbocycles. The second-order valence-electron chi connectivity index (χ2n) is 2.80. The third-order valence-electron chi connectivity index (χ3n) is 1.88. The monoisotopic (exact) mass is 140 g/mol. The summed E-state index contributed by atoms with van der Waals surface area (Å²) < 4.78 is 5.16. The lowest BCUT2D eigenvalue weighted by Crippen LogP contribution is -2.33. The summed E-state index contributed by atoms with van der Waals surface area (Å²) in [6, 6.07) is 2.52. The van der Waals surface area contributed by atoms with E-state index in [1.54, 1.807) is 0 Å². The molecule has 0 saturated carbocycles. The lowest BCUT2D eigenvalue weighted by Gasteiger charge is -2.19. The highest BCUT2D eigenvalue weighted by Crippen LogP contribution is 2.15. The lowest BCUT2D eigenvalue weighted by atomic mass is 10.1. The summed E-state index contributed by atoms with van der Waals surface area (Å²) in [6.45, 7) is 1.30. The van der Waals surface area contributed by atoms with Crippen LogP contribution in [0.25, 0.3) is 0 Å². The van der Waals surface area contributed by atoms with E-state index >= 15 is 0 Å². The molecular weight excluding hydrogens is 128 g/mol. The van der Waals surface area contributed by atoms with E-state index in [0.29, 0.717) is 19.3 Å². The lowest BCUT2D eigenvalue weighted by molar-refractivity contribution is 0.170. The Morgan fingerprint density at radius 3 is 2.60 bits per heavy atom. The molecular formula is C7H12N2O. The van der Waals surface area contributed by atoms with Gasteiger partial charge in [-0.05, 0) is 14.1 Å². The zero-order valence-electron chi connectivity index (χ0n) is 6.37. The van der Waals surface area contributed by atoms with Crippen LogP contribution in [-0.2, 0) is 4.74 Å². The van der Waals surface area contributed by atoms with Gasteiger partial charge in [0.05, 0.1) is 31.2 Å². The van der Waals surface area contributed by atoms with Crippen molar-refractivity contribution < 1.29 is 4.74 Å². The van der Waals surface area contributed by atoms with Gasteiger partial charge in [0.15, 0.2) is 0 Å². The summed E-state index contributed by atoms with van der Waals surface area (Å²) in [7, 11) is 3.95. The summed E-state index contributed by atoms with van der Waals surface area (Å²) in [5.41, 5.74) is 0. The van der Waals surface area contributed by atoms with Crippen LogP contribution in [0.4, 0.5) is 0 Å². The van der Waals surface area contributed by atoms with Gasteiger partial charge in [0.25, 0.3) is 0 Å². The minimum Gasteiger partial charge on any atom is -0.378 e. The van der Waals surface area contributed by atoms with Crippen molar-refractivity contribution in [2.45, 2.75) is 6.04 Å². The van der Waals surface area contributed by atoms with Gasteiger partial charge in [0.2, 0.25) is 0 Å². The van der Waals surface area contributed by atoms with Crippen molar-refractivity contribution >= 4 is 0 Å². The first-order valence-corrected chi connectivity index (χ1v) is 3.39. The summed E-state index contributed by atoms with van der Waals surface area (Å²) in [6.07, 6.45) is 0. The number of nitrogens with zero attached hydrogens (tertiary/aromatic N) is 2. The van der Waals surface area contributed by atoms with Crippen molar-refractivity contribution in [1.29, 1.82) is 5.26 Å². The van der Waals surface area contributed by atoms with Crippen LogP contribution < -0.4 is 0 Å². The molecule has 0 spiro atoms. The molecule has 3 heteroatoms. The maximum atomic E-state index is 8.63. The second-order valence-corrected chi connectivity index (χ2v) is 2.80. The van der Waals surface area contributed by atoms with Crippen molar-refractivity contribution in [2.24, 2.45) is 5.92 Å². The molecule has 1 heterocycles. The highest BCUT2D eigenvalue weighted by atomic mass is 16.5. The third kappa shape index (κ3) is 1.28. The molecule has 3 nitrogen and oxygen atoms in total. The molecule has 0 amide bonds. The molecule has 0 bridgehead atoms. The molecule has 0 N–H and O–H groups in total. The van der Waals surface area contributed by atoms with Gasteiger partial charge in [-0.1, -0.05) is 0 Å². The highest BCUT2D eigenvalue weighted by molar-refractivity contribution is 4.95. The first-order chi connectivity index (χ1) is 4.75. The molecule has 2 atom stereocenters. The van der Waals surface area contributed by atoms with E-state index in [-0.39, 0.29) is 5.92 Å². The van der Waals surface area contributed by atoms with Crippen LogP contribution in [0.2, 0.25) is 0 Å². The van der Waals surface area contributed by atoms with Gasteiger partial charge in [-0.15, -0.1) is 0 Å². The van der Waals surface area contributed by atoms with Crippen molar-refractivity contribution in [3.05, 3.63) is 0 Å². The van der Waals surface area contributed by atoms with Gasteiger partial charge in [-0.3, -0.25) is 0 Å². The zero-order valence-corrected chi connectivity index (χ0v) is 6.37. The van der Waals surface area contributed by atoms with Crippen LogP contribution in [0, 0.1) is 17.2 Å². The standard InChI is InChI=1S/C7H12N2O/c1-9(2)7-5-10-4-6(7)3-8/h6-7H,4-5H2,1-2H3/t6-,7-/m1/s1. The topological polar surface area (TPSA) is 36.3 Å². The van der Waals surface area contributed by atoms with Crippen LogP contribution in [0.5, 0.6) is 0 Å². The van der Waals surface area contributed by atoms with Gasteiger partial charge in [-0.25, -0.2) is 0 Å². The SMILES string of the molecule is CN(C)[C@@H]1COC[C@H]1C#N. The number of hydrogen-bond donors (Lipinski definition) is 0. The van der Waals surface area contributed by atoms with E-state index in [1.807, 2.05) is 19.0 Å². The molecule has 10 heavy (non-hydrogen) atoms.